The zero-order valence-corrected chi connectivity index (χ0v) is 8.86. The van der Waals surface area contributed by atoms with E-state index in [1.54, 1.807) is 0 Å². The van der Waals surface area contributed by atoms with Gasteiger partial charge in [-0.2, -0.15) is 0 Å². The fourth-order valence-corrected chi connectivity index (χ4v) is 0.675. The van der Waals surface area contributed by atoms with Crippen molar-refractivity contribution in [2.45, 2.75) is 0 Å². The molecule has 1 atom stereocenters. The second kappa shape index (κ2) is 7.09. The van der Waals surface area contributed by atoms with Crippen molar-refractivity contribution in [3.8, 4) is 0 Å². The minimum atomic E-state index is 0. The molecule has 0 heterocycles. The third-order valence-corrected chi connectivity index (χ3v) is 1.18. The van der Waals surface area contributed by atoms with E-state index in [2.05, 4.69) is 9.24 Å². The van der Waals surface area contributed by atoms with E-state index in [1.807, 2.05) is 30.3 Å². The minimum Gasteiger partial charge on any atom is -0.106 e. The first-order chi connectivity index (χ1) is 3.39. The summed E-state index contributed by atoms with van der Waals surface area (Å²) in [6.07, 6.45) is 0. The average molecular weight is 323 g/mol. The van der Waals surface area contributed by atoms with Crippen LogP contribution in [0.5, 0.6) is 0 Å². The molecule has 0 N–H and O–H groups in total. The van der Waals surface area contributed by atoms with Gasteiger partial charge in [-0.25, -0.2) is 0 Å². The molecule has 1 aromatic carbocycles. The molecule has 0 saturated heterocycles. The van der Waals surface area contributed by atoms with E-state index in [-0.39, 0.29) is 40.8 Å². The SMILES string of the molecule is Pc1ccccc1.[Pd].[Pd]. The van der Waals surface area contributed by atoms with E-state index in [4.69, 9.17) is 0 Å². The van der Waals surface area contributed by atoms with Crippen molar-refractivity contribution in [3.05, 3.63) is 30.3 Å². The Balaban J connectivity index is 0. The summed E-state index contributed by atoms with van der Waals surface area (Å²) in [7, 11) is 2.63. The maximum atomic E-state index is 2.63. The molecule has 0 spiro atoms. The third-order valence-electron chi connectivity index (χ3n) is 0.800. The molecule has 1 aromatic rings. The Hall–Kier alpha value is 0.975. The van der Waals surface area contributed by atoms with Crippen molar-refractivity contribution < 1.29 is 40.8 Å². The normalized spacial score (nSPS) is 6.78. The molecule has 0 aliphatic heterocycles. The van der Waals surface area contributed by atoms with E-state index < -0.39 is 0 Å². The summed E-state index contributed by atoms with van der Waals surface area (Å²) in [6, 6.07) is 10.1. The van der Waals surface area contributed by atoms with Gasteiger partial charge in [0.25, 0.3) is 0 Å². The Kier molecular flexibility index (Phi) is 9.95. The topological polar surface area (TPSA) is 0 Å². The molecule has 0 aliphatic carbocycles. The van der Waals surface area contributed by atoms with Crippen LogP contribution >= 0.6 is 9.24 Å². The van der Waals surface area contributed by atoms with Crippen LogP contribution in [0.15, 0.2) is 30.3 Å². The maximum absolute atomic E-state index is 2.63. The fourth-order valence-electron chi connectivity index (χ4n) is 0.453. The summed E-state index contributed by atoms with van der Waals surface area (Å²) in [5, 5.41) is 1.24. The van der Waals surface area contributed by atoms with Gasteiger partial charge in [-0.15, -0.1) is 9.24 Å². The largest absolute Gasteiger partial charge is 0.106 e. The summed E-state index contributed by atoms with van der Waals surface area (Å²) >= 11 is 0. The quantitative estimate of drug-likeness (QED) is 0.497. The van der Waals surface area contributed by atoms with E-state index >= 15 is 0 Å². The molecule has 0 fully saturated rings. The molecule has 3 heteroatoms. The van der Waals surface area contributed by atoms with Gasteiger partial charge in [-0.3, -0.25) is 0 Å². The van der Waals surface area contributed by atoms with Gasteiger partial charge in [-0.1, -0.05) is 30.3 Å². The summed E-state index contributed by atoms with van der Waals surface area (Å²) in [5.74, 6) is 0. The predicted molar refractivity (Wildman–Crippen MR) is 35.8 cm³/mol. The Morgan fingerprint density at radius 1 is 0.889 bits per heavy atom. The van der Waals surface area contributed by atoms with Crippen molar-refractivity contribution in [3.63, 3.8) is 0 Å². The van der Waals surface area contributed by atoms with Crippen LogP contribution in [0.25, 0.3) is 0 Å². The summed E-state index contributed by atoms with van der Waals surface area (Å²) < 4.78 is 0. The molecule has 9 heavy (non-hydrogen) atoms. The Bertz CT molecular complexity index is 141. The molecular weight excluding hydrogens is 316 g/mol. The Morgan fingerprint density at radius 2 is 1.33 bits per heavy atom. The first-order valence-electron chi connectivity index (χ1n) is 2.20. The number of benzene rings is 1. The average Bonchev–Trinajstić information content (AvgIpc) is 1.69. The van der Waals surface area contributed by atoms with Crippen molar-refractivity contribution in [1.82, 2.24) is 0 Å². The minimum absolute atomic E-state index is 0. The second-order valence-corrected chi connectivity index (χ2v) is 2.08. The van der Waals surface area contributed by atoms with E-state index in [9.17, 15) is 0 Å². The summed E-state index contributed by atoms with van der Waals surface area (Å²) in [5.41, 5.74) is 0. The number of rotatable bonds is 0. The molecule has 1 unspecified atom stereocenters. The van der Waals surface area contributed by atoms with Gasteiger partial charge in [0.1, 0.15) is 0 Å². The predicted octanol–water partition coefficient (Wildman–Crippen LogP) is 1.18. The van der Waals surface area contributed by atoms with Crippen LogP contribution in [0.1, 0.15) is 0 Å². The first-order valence-corrected chi connectivity index (χ1v) is 2.78. The van der Waals surface area contributed by atoms with Crippen molar-refractivity contribution >= 4 is 14.5 Å². The Morgan fingerprint density at radius 3 is 1.56 bits per heavy atom. The number of hydrogen-bond donors (Lipinski definition) is 0. The van der Waals surface area contributed by atoms with Crippen LogP contribution in [0.2, 0.25) is 0 Å². The van der Waals surface area contributed by atoms with Crippen LogP contribution in [-0.4, -0.2) is 0 Å². The van der Waals surface area contributed by atoms with E-state index in [0.717, 1.165) is 0 Å². The molecule has 0 nitrogen and oxygen atoms in total. The van der Waals surface area contributed by atoms with Gasteiger partial charge in [0.2, 0.25) is 0 Å². The van der Waals surface area contributed by atoms with Crippen LogP contribution in [-0.2, 0) is 40.8 Å². The Labute approximate surface area is 85.3 Å². The third kappa shape index (κ3) is 5.42. The molecule has 56 valence electrons. The van der Waals surface area contributed by atoms with Gasteiger partial charge in [0.05, 0.1) is 0 Å². The van der Waals surface area contributed by atoms with Crippen LogP contribution in [0, 0.1) is 0 Å². The fraction of sp³-hybridized carbons (Fsp3) is 0. The number of hydrogen-bond acceptors (Lipinski definition) is 0. The van der Waals surface area contributed by atoms with Gasteiger partial charge >= 0.3 is 0 Å². The maximum Gasteiger partial charge on any atom is 0 e. The van der Waals surface area contributed by atoms with Crippen molar-refractivity contribution in [1.29, 1.82) is 0 Å². The zero-order valence-electron chi connectivity index (χ0n) is 4.60. The molecule has 0 aliphatic rings. The molecular formula is C6H7PPd2. The first kappa shape index (κ1) is 12.6. The molecule has 0 bridgehead atoms. The molecule has 0 radical (unpaired) electrons. The van der Waals surface area contributed by atoms with E-state index in [1.165, 1.54) is 5.30 Å². The summed E-state index contributed by atoms with van der Waals surface area (Å²) in [6.45, 7) is 0. The van der Waals surface area contributed by atoms with Gasteiger partial charge in [-0.05, 0) is 5.30 Å². The standard InChI is InChI=1S/C6H7P.2Pd/c7-6-4-2-1-3-5-6;;/h1-5H,7H2;;. The van der Waals surface area contributed by atoms with Crippen LogP contribution in [0.4, 0.5) is 0 Å². The molecule has 0 aromatic heterocycles. The zero-order chi connectivity index (χ0) is 5.11. The van der Waals surface area contributed by atoms with Gasteiger partial charge < -0.3 is 0 Å². The summed E-state index contributed by atoms with van der Waals surface area (Å²) in [4.78, 5) is 0. The second-order valence-electron chi connectivity index (χ2n) is 1.41. The molecule has 0 amide bonds. The van der Waals surface area contributed by atoms with Crippen molar-refractivity contribution in [2.75, 3.05) is 0 Å². The van der Waals surface area contributed by atoms with Crippen LogP contribution < -0.4 is 5.30 Å². The van der Waals surface area contributed by atoms with Gasteiger partial charge in [0, 0.05) is 40.8 Å². The van der Waals surface area contributed by atoms with Crippen molar-refractivity contribution in [2.24, 2.45) is 0 Å². The molecule has 1 rings (SSSR count). The monoisotopic (exact) mass is 322 g/mol. The molecule has 0 saturated carbocycles. The smallest absolute Gasteiger partial charge is 0 e. The van der Waals surface area contributed by atoms with Crippen LogP contribution in [0.3, 0.4) is 0 Å². The van der Waals surface area contributed by atoms with Gasteiger partial charge in [0.15, 0.2) is 0 Å². The van der Waals surface area contributed by atoms with E-state index in [0.29, 0.717) is 0 Å².